The molecule has 4 aromatic carbocycles. The predicted molar refractivity (Wildman–Crippen MR) is 207 cm³/mol. The summed E-state index contributed by atoms with van der Waals surface area (Å²) in [4.78, 5) is 44.3. The molecule has 0 radical (unpaired) electrons. The van der Waals surface area contributed by atoms with E-state index in [2.05, 4.69) is 35.7 Å². The Bertz CT molecular complexity index is 1930. The number of nitro benzene ring substituents is 1. The molecule has 4 atom stereocenters. The Kier molecular flexibility index (Phi) is 10.7. The zero-order chi connectivity index (χ0) is 36.5. The summed E-state index contributed by atoms with van der Waals surface area (Å²) >= 11 is 2.24. The van der Waals surface area contributed by atoms with Crippen molar-refractivity contribution in [3.63, 3.8) is 0 Å². The van der Waals surface area contributed by atoms with Gasteiger partial charge in [-0.1, -0.05) is 79.8 Å². The van der Waals surface area contributed by atoms with Gasteiger partial charge in [-0.3, -0.25) is 19.7 Å². The van der Waals surface area contributed by atoms with Gasteiger partial charge in [0.05, 0.1) is 51.5 Å². The summed E-state index contributed by atoms with van der Waals surface area (Å²) in [6.45, 7) is 6.96. The number of nitrogens with zero attached hydrogens (tertiary/aromatic N) is 3. The first-order valence-electron chi connectivity index (χ1n) is 17.0. The first-order chi connectivity index (χ1) is 24.4. The molecule has 0 unspecified atom stereocenters. The minimum absolute atomic E-state index is 0.0232. The third kappa shape index (κ3) is 6.94. The smallest absolute Gasteiger partial charge is 0.269 e. The number of non-ortho nitro benzene ring substituents is 1. The fraction of sp³-hybridized carbons (Fsp3) is 0.333. The number of anilines is 1. The average molecular weight is 820 g/mol. The van der Waals surface area contributed by atoms with Crippen molar-refractivity contribution >= 4 is 59.0 Å². The van der Waals surface area contributed by atoms with Crippen LogP contribution in [0.1, 0.15) is 30.0 Å². The number of nitro groups is 1. The molecule has 2 aliphatic rings. The molecule has 2 heterocycles. The molecule has 1 N–H and O–H groups in total. The zero-order valence-electron chi connectivity index (χ0n) is 29.1. The first kappa shape index (κ1) is 36.7. The van der Waals surface area contributed by atoms with E-state index in [4.69, 9.17) is 9.47 Å². The number of fused-ring (bicyclic) bond motifs is 2. The quantitative estimate of drug-likeness (QED) is 0.0762. The summed E-state index contributed by atoms with van der Waals surface area (Å²) in [5, 5.41) is 23.2. The van der Waals surface area contributed by atoms with E-state index >= 15 is 4.79 Å². The topological polar surface area (TPSA) is 122 Å². The molecule has 10 nitrogen and oxygen atoms in total. The number of rotatable bonds is 12. The molecule has 6 rings (SSSR count). The largest absolute Gasteiger partial charge is 0.497 e. The average Bonchev–Trinajstić information content (AvgIpc) is 3.54. The van der Waals surface area contributed by atoms with Crippen molar-refractivity contribution in [2.24, 2.45) is 5.92 Å². The monoisotopic (exact) mass is 819 g/mol. The highest BCUT2D eigenvalue weighted by Crippen LogP contribution is 2.60. The molecule has 2 aliphatic heterocycles. The second-order valence-corrected chi connectivity index (χ2v) is 19.8. The van der Waals surface area contributed by atoms with Crippen LogP contribution in [0, 0.1) is 19.6 Å². The Balaban J connectivity index is 1.46. The second kappa shape index (κ2) is 14.9. The highest BCUT2D eigenvalue weighted by Gasteiger charge is 2.66. The van der Waals surface area contributed by atoms with Crippen LogP contribution in [0.15, 0.2) is 97.1 Å². The van der Waals surface area contributed by atoms with Gasteiger partial charge >= 0.3 is 0 Å². The lowest BCUT2D eigenvalue weighted by atomic mass is 9.82. The lowest BCUT2D eigenvalue weighted by molar-refractivity contribution is -0.385. The molecule has 0 saturated carbocycles. The molecule has 1 fully saturated rings. The highest BCUT2D eigenvalue weighted by molar-refractivity contribution is 14.1. The molecule has 0 aromatic heterocycles. The SMILES string of the molecule is COc1ccc([Si](C)(C)[C@H]2[C@H](CC(=O)N(CCO)Cc3ccccc3)O[C@@]3(C(=O)N(Cc4cccc(I)c4)c4ccc([N+](=O)[O-])cc43)[C@@H]2C)cc1. The number of methoxy groups -OCH3 is 1. The Morgan fingerprint density at radius 1 is 1.04 bits per heavy atom. The maximum absolute atomic E-state index is 15.1. The van der Waals surface area contributed by atoms with Gasteiger partial charge < -0.3 is 24.4 Å². The lowest BCUT2D eigenvalue weighted by Crippen LogP contribution is -2.52. The van der Waals surface area contributed by atoms with E-state index in [0.717, 1.165) is 25.6 Å². The summed E-state index contributed by atoms with van der Waals surface area (Å²) in [5.41, 5.74) is 0.923. The van der Waals surface area contributed by atoms with E-state index in [-0.39, 0.29) is 49.2 Å². The van der Waals surface area contributed by atoms with Crippen LogP contribution >= 0.6 is 22.6 Å². The second-order valence-electron chi connectivity index (χ2n) is 13.9. The number of halogens is 1. The van der Waals surface area contributed by atoms with Gasteiger partial charge in [0.15, 0.2) is 5.60 Å². The molecule has 266 valence electrons. The lowest BCUT2D eigenvalue weighted by Gasteiger charge is -2.37. The van der Waals surface area contributed by atoms with Gasteiger partial charge in [0.2, 0.25) is 5.91 Å². The van der Waals surface area contributed by atoms with Gasteiger partial charge in [-0.2, -0.15) is 0 Å². The van der Waals surface area contributed by atoms with Crippen molar-refractivity contribution < 1.29 is 29.1 Å². The zero-order valence-corrected chi connectivity index (χ0v) is 32.3. The highest BCUT2D eigenvalue weighted by atomic mass is 127. The summed E-state index contributed by atoms with van der Waals surface area (Å²) in [6.07, 6.45) is -0.716. The van der Waals surface area contributed by atoms with E-state index in [9.17, 15) is 20.0 Å². The standard InChI is InChI=1S/C39H42IN3O7Si/c1-26-37(51(3,4)32-16-14-31(49-2)15-17-32)35(23-36(45)41(19-20-44)24-27-9-6-5-7-10-27)50-39(26)33-22-30(43(47)48)13-18-34(33)42(38(39)46)25-28-11-8-12-29(40)21-28/h5-18,21-22,26,35,37,44H,19-20,23-25H2,1-4H3/t26-,35+,37-,39+/m1/s1. The summed E-state index contributed by atoms with van der Waals surface area (Å²) in [7, 11) is -0.973. The number of carbonyl (C=O) groups excluding carboxylic acids is 2. The molecule has 1 spiro atoms. The van der Waals surface area contributed by atoms with Crippen molar-refractivity contribution in [1.82, 2.24) is 4.90 Å². The Morgan fingerprint density at radius 2 is 1.75 bits per heavy atom. The predicted octanol–water partition coefficient (Wildman–Crippen LogP) is 6.38. The summed E-state index contributed by atoms with van der Waals surface area (Å²) in [6, 6.07) is 30.0. The molecule has 1 saturated heterocycles. The Morgan fingerprint density at radius 3 is 2.39 bits per heavy atom. The molecule has 4 aromatic rings. The number of carbonyl (C=O) groups is 2. The van der Waals surface area contributed by atoms with Crippen LogP contribution < -0.4 is 14.8 Å². The van der Waals surface area contributed by atoms with Crippen LogP contribution in [-0.4, -0.2) is 61.2 Å². The minimum atomic E-state index is -2.59. The van der Waals surface area contributed by atoms with Gasteiger partial charge in [-0.25, -0.2) is 0 Å². The van der Waals surface area contributed by atoms with Crippen LogP contribution in [0.2, 0.25) is 18.6 Å². The summed E-state index contributed by atoms with van der Waals surface area (Å²) in [5.74, 6) is -0.220. The number of aliphatic hydroxyl groups excluding tert-OH is 1. The van der Waals surface area contributed by atoms with Crippen LogP contribution in [-0.2, 0) is 33.0 Å². The van der Waals surface area contributed by atoms with E-state index in [1.165, 1.54) is 12.1 Å². The Labute approximate surface area is 312 Å². The van der Waals surface area contributed by atoms with Crippen LogP contribution in [0.3, 0.4) is 0 Å². The molecule has 0 aliphatic carbocycles. The first-order valence-corrected chi connectivity index (χ1v) is 21.2. The normalized spacial score (nSPS) is 21.2. The number of ether oxygens (including phenoxy) is 2. The fourth-order valence-electron chi connectivity index (χ4n) is 8.11. The maximum Gasteiger partial charge on any atom is 0.269 e. The van der Waals surface area contributed by atoms with Crippen molar-refractivity contribution in [2.45, 2.75) is 56.8 Å². The third-order valence-electron chi connectivity index (χ3n) is 10.6. The van der Waals surface area contributed by atoms with E-state index < -0.39 is 30.6 Å². The third-order valence-corrected chi connectivity index (χ3v) is 15.6. The van der Waals surface area contributed by atoms with Gasteiger partial charge in [-0.05, 0) is 69.6 Å². The maximum atomic E-state index is 15.1. The van der Waals surface area contributed by atoms with Crippen LogP contribution in [0.25, 0.3) is 0 Å². The van der Waals surface area contributed by atoms with Gasteiger partial charge in [0, 0.05) is 40.3 Å². The molecule has 0 bridgehead atoms. The molecule has 51 heavy (non-hydrogen) atoms. The number of amides is 2. The van der Waals surface area contributed by atoms with Crippen molar-refractivity contribution in [3.05, 3.63) is 127 Å². The summed E-state index contributed by atoms with van der Waals surface area (Å²) < 4.78 is 13.6. The van der Waals surface area contributed by atoms with Gasteiger partial charge in [0.1, 0.15) is 5.75 Å². The van der Waals surface area contributed by atoms with Gasteiger partial charge in [0.25, 0.3) is 11.6 Å². The number of hydrogen-bond donors (Lipinski definition) is 1. The number of aliphatic hydroxyl groups is 1. The Hall–Kier alpha value is -4.11. The van der Waals surface area contributed by atoms with Gasteiger partial charge in [-0.15, -0.1) is 0 Å². The molecular weight excluding hydrogens is 777 g/mol. The van der Waals surface area contributed by atoms with Crippen molar-refractivity contribution in [1.29, 1.82) is 0 Å². The van der Waals surface area contributed by atoms with E-state index in [1.54, 1.807) is 23.0 Å². The van der Waals surface area contributed by atoms with E-state index in [0.29, 0.717) is 17.8 Å². The molecular formula is C39H42IN3O7Si. The van der Waals surface area contributed by atoms with E-state index in [1.807, 2.05) is 85.8 Å². The molecule has 2 amide bonds. The number of benzene rings is 4. The van der Waals surface area contributed by atoms with Crippen molar-refractivity contribution in [3.8, 4) is 5.75 Å². The number of hydrogen-bond acceptors (Lipinski definition) is 7. The van der Waals surface area contributed by atoms with Crippen molar-refractivity contribution in [2.75, 3.05) is 25.2 Å². The minimum Gasteiger partial charge on any atom is -0.497 e. The fourth-order valence-corrected chi connectivity index (χ4v) is 12.7. The van der Waals surface area contributed by atoms with Crippen LogP contribution in [0.5, 0.6) is 5.75 Å². The molecule has 12 heteroatoms. The van der Waals surface area contributed by atoms with Crippen LogP contribution in [0.4, 0.5) is 11.4 Å².